The number of nitrogens with two attached hydrogens (primary N) is 2. The van der Waals surface area contributed by atoms with Crippen molar-refractivity contribution in [3.8, 4) is 6.07 Å². The standard InChI is InChI=1S/C5H11NO2.C3H4N2O/c1-3(2)4(6)5(7)8;4-2-1-3(5)6/h3-4H,6H2,1-2H3,(H,7,8);1H2,(H2,5,6)/t4-;/m0./s1. The molecule has 0 rings (SSSR count). The summed E-state index contributed by atoms with van der Waals surface area (Å²) < 4.78 is 0. The third-order valence-electron chi connectivity index (χ3n) is 1.26. The van der Waals surface area contributed by atoms with Crippen LogP contribution in [0.15, 0.2) is 0 Å². The molecule has 14 heavy (non-hydrogen) atoms. The second-order valence-corrected chi connectivity index (χ2v) is 2.91. The summed E-state index contributed by atoms with van der Waals surface area (Å²) in [6, 6.07) is 0.880. The Morgan fingerprint density at radius 1 is 1.50 bits per heavy atom. The number of nitriles is 1. The molecule has 0 aromatic carbocycles. The molecule has 0 bridgehead atoms. The van der Waals surface area contributed by atoms with E-state index >= 15 is 0 Å². The molecule has 1 amide bonds. The largest absolute Gasteiger partial charge is 0.480 e. The molecule has 0 heterocycles. The van der Waals surface area contributed by atoms with E-state index in [0.29, 0.717) is 0 Å². The lowest BCUT2D eigenvalue weighted by Gasteiger charge is -2.07. The predicted octanol–water partition coefficient (Wildman–Crippen LogP) is -0.560. The third kappa shape index (κ3) is 10.4. The molecule has 0 aromatic rings. The number of hydrogen-bond acceptors (Lipinski definition) is 4. The van der Waals surface area contributed by atoms with Crippen molar-refractivity contribution in [3.05, 3.63) is 0 Å². The molecule has 0 aliphatic rings. The van der Waals surface area contributed by atoms with Crippen molar-refractivity contribution >= 4 is 11.9 Å². The van der Waals surface area contributed by atoms with E-state index in [1.807, 2.05) is 0 Å². The number of primary amides is 1. The van der Waals surface area contributed by atoms with Gasteiger partial charge in [-0.25, -0.2) is 0 Å². The highest BCUT2D eigenvalue weighted by Gasteiger charge is 2.14. The third-order valence-corrected chi connectivity index (χ3v) is 1.26. The smallest absolute Gasteiger partial charge is 0.320 e. The second kappa shape index (κ2) is 8.01. The first-order valence-electron chi connectivity index (χ1n) is 3.96. The highest BCUT2D eigenvalue weighted by Crippen LogP contribution is 1.96. The number of amides is 1. The van der Waals surface area contributed by atoms with E-state index in [1.54, 1.807) is 19.9 Å². The highest BCUT2D eigenvalue weighted by atomic mass is 16.4. The quantitative estimate of drug-likeness (QED) is 0.563. The van der Waals surface area contributed by atoms with E-state index in [0.717, 1.165) is 0 Å². The zero-order valence-corrected chi connectivity index (χ0v) is 8.23. The molecule has 1 atom stereocenters. The molecule has 0 spiro atoms. The first kappa shape index (κ1) is 14.9. The van der Waals surface area contributed by atoms with Crippen molar-refractivity contribution in [2.24, 2.45) is 17.4 Å². The van der Waals surface area contributed by atoms with Crippen LogP contribution < -0.4 is 11.5 Å². The Labute approximate surface area is 82.5 Å². The van der Waals surface area contributed by atoms with Gasteiger partial charge in [0.1, 0.15) is 12.5 Å². The average Bonchev–Trinajstić information content (AvgIpc) is 2.03. The number of carboxylic acids is 1. The van der Waals surface area contributed by atoms with Gasteiger partial charge in [0, 0.05) is 0 Å². The molecule has 0 saturated heterocycles. The van der Waals surface area contributed by atoms with Crippen LogP contribution in [0.1, 0.15) is 20.3 Å². The zero-order valence-electron chi connectivity index (χ0n) is 8.23. The molecule has 6 nitrogen and oxygen atoms in total. The lowest BCUT2D eigenvalue weighted by molar-refractivity contribution is -0.139. The summed E-state index contributed by atoms with van der Waals surface area (Å²) in [5.41, 5.74) is 9.70. The first-order chi connectivity index (χ1) is 6.32. The fourth-order valence-electron chi connectivity index (χ4n) is 0.363. The molecule has 0 unspecified atom stereocenters. The minimum absolute atomic E-state index is 0.0208. The Morgan fingerprint density at radius 2 is 1.93 bits per heavy atom. The van der Waals surface area contributed by atoms with Crippen LogP contribution in [0, 0.1) is 17.2 Å². The number of rotatable bonds is 3. The minimum Gasteiger partial charge on any atom is -0.480 e. The monoisotopic (exact) mass is 201 g/mol. The Bertz CT molecular complexity index is 232. The molecule has 0 saturated carbocycles. The zero-order chi connectivity index (χ0) is 11.7. The Morgan fingerprint density at radius 3 is 1.93 bits per heavy atom. The van der Waals surface area contributed by atoms with Gasteiger partial charge in [-0.05, 0) is 5.92 Å². The van der Waals surface area contributed by atoms with E-state index in [2.05, 4.69) is 5.73 Å². The fraction of sp³-hybridized carbons (Fsp3) is 0.625. The maximum Gasteiger partial charge on any atom is 0.320 e. The summed E-state index contributed by atoms with van der Waals surface area (Å²) in [6.07, 6.45) is -0.181. The van der Waals surface area contributed by atoms with Crippen molar-refractivity contribution in [3.63, 3.8) is 0 Å². The Balaban J connectivity index is 0. The van der Waals surface area contributed by atoms with Gasteiger partial charge in [0.2, 0.25) is 5.91 Å². The van der Waals surface area contributed by atoms with E-state index in [1.165, 1.54) is 0 Å². The number of carboxylic acid groups (broad SMARTS) is 1. The van der Waals surface area contributed by atoms with Crippen LogP contribution in [0.5, 0.6) is 0 Å². The molecule has 6 heteroatoms. The number of hydrogen-bond donors (Lipinski definition) is 3. The van der Waals surface area contributed by atoms with Crippen LogP contribution in [-0.2, 0) is 9.59 Å². The molecule has 0 aromatic heterocycles. The van der Waals surface area contributed by atoms with E-state index in [9.17, 15) is 9.59 Å². The maximum atomic E-state index is 10.0. The molecular weight excluding hydrogens is 186 g/mol. The Kier molecular flexibility index (Phi) is 8.52. The van der Waals surface area contributed by atoms with Crippen LogP contribution in [0.3, 0.4) is 0 Å². The van der Waals surface area contributed by atoms with Crippen LogP contribution in [0.2, 0.25) is 0 Å². The average molecular weight is 201 g/mol. The van der Waals surface area contributed by atoms with Gasteiger partial charge in [0.05, 0.1) is 6.07 Å². The predicted molar refractivity (Wildman–Crippen MR) is 49.9 cm³/mol. The van der Waals surface area contributed by atoms with Gasteiger partial charge < -0.3 is 16.6 Å². The number of carbonyl (C=O) groups excluding carboxylic acids is 1. The lowest BCUT2D eigenvalue weighted by atomic mass is 10.1. The van der Waals surface area contributed by atoms with Crippen molar-refractivity contribution < 1.29 is 14.7 Å². The van der Waals surface area contributed by atoms with Gasteiger partial charge in [-0.15, -0.1) is 0 Å². The summed E-state index contributed by atoms with van der Waals surface area (Å²) in [5, 5.41) is 15.9. The maximum absolute atomic E-state index is 10.0. The number of nitrogens with zero attached hydrogens (tertiary/aromatic N) is 1. The molecule has 0 aliphatic heterocycles. The van der Waals surface area contributed by atoms with Crippen molar-refractivity contribution in [1.29, 1.82) is 5.26 Å². The lowest BCUT2D eigenvalue weighted by Crippen LogP contribution is -2.34. The van der Waals surface area contributed by atoms with Crippen LogP contribution in [0.25, 0.3) is 0 Å². The van der Waals surface area contributed by atoms with Gasteiger partial charge >= 0.3 is 5.97 Å². The Hall–Kier alpha value is -1.61. The second-order valence-electron chi connectivity index (χ2n) is 2.91. The van der Waals surface area contributed by atoms with Gasteiger partial charge in [-0.1, -0.05) is 13.8 Å². The normalized spacial score (nSPS) is 10.8. The number of aliphatic carboxylic acids is 1. The van der Waals surface area contributed by atoms with Crippen molar-refractivity contribution in [2.45, 2.75) is 26.3 Å². The van der Waals surface area contributed by atoms with Crippen LogP contribution in [0.4, 0.5) is 0 Å². The van der Waals surface area contributed by atoms with E-state index < -0.39 is 17.9 Å². The summed E-state index contributed by atoms with van der Waals surface area (Å²) in [6.45, 7) is 3.55. The van der Waals surface area contributed by atoms with E-state index in [-0.39, 0.29) is 12.3 Å². The molecule has 5 N–H and O–H groups in total. The van der Waals surface area contributed by atoms with Crippen molar-refractivity contribution in [1.82, 2.24) is 0 Å². The topological polar surface area (TPSA) is 130 Å². The summed E-state index contributed by atoms with van der Waals surface area (Å²) in [7, 11) is 0. The van der Waals surface area contributed by atoms with Crippen molar-refractivity contribution in [2.75, 3.05) is 0 Å². The highest BCUT2D eigenvalue weighted by molar-refractivity contribution is 5.75. The minimum atomic E-state index is -0.931. The molecule has 0 fully saturated rings. The van der Waals surface area contributed by atoms with E-state index in [4.69, 9.17) is 16.1 Å². The van der Waals surface area contributed by atoms with Crippen LogP contribution in [-0.4, -0.2) is 23.0 Å². The van der Waals surface area contributed by atoms with Gasteiger partial charge in [0.25, 0.3) is 0 Å². The fourth-order valence-corrected chi connectivity index (χ4v) is 0.363. The van der Waals surface area contributed by atoms with Crippen LogP contribution >= 0.6 is 0 Å². The van der Waals surface area contributed by atoms with Gasteiger partial charge in [-0.3, -0.25) is 9.59 Å². The molecule has 0 radical (unpaired) electrons. The molecular formula is C8H15N3O3. The summed E-state index contributed by atoms with van der Waals surface area (Å²) >= 11 is 0. The first-order valence-corrected chi connectivity index (χ1v) is 3.96. The summed E-state index contributed by atoms with van der Waals surface area (Å²) in [4.78, 5) is 19.6. The van der Waals surface area contributed by atoms with Gasteiger partial charge in [0.15, 0.2) is 0 Å². The summed E-state index contributed by atoms with van der Waals surface area (Å²) in [5.74, 6) is -1.48. The molecule has 80 valence electrons. The number of carbonyl (C=O) groups is 2. The SMILES string of the molecule is CC(C)[C@H](N)C(=O)O.N#CCC(N)=O. The van der Waals surface area contributed by atoms with Gasteiger partial charge in [-0.2, -0.15) is 5.26 Å². The molecule has 0 aliphatic carbocycles.